The van der Waals surface area contributed by atoms with Crippen LogP contribution in [0, 0.1) is 5.92 Å². The highest BCUT2D eigenvalue weighted by Gasteiger charge is 2.36. The Hall–Kier alpha value is -1.10. The number of nitrogens with zero attached hydrogens (tertiary/aromatic N) is 2. The van der Waals surface area contributed by atoms with Gasteiger partial charge in [0.1, 0.15) is 6.04 Å². The van der Waals surface area contributed by atoms with E-state index in [1.807, 2.05) is 4.90 Å². The Morgan fingerprint density at radius 1 is 1.29 bits per heavy atom. The van der Waals surface area contributed by atoms with E-state index in [2.05, 4.69) is 38.0 Å². The summed E-state index contributed by atoms with van der Waals surface area (Å²) < 4.78 is 0. The van der Waals surface area contributed by atoms with Crippen molar-refractivity contribution in [2.45, 2.75) is 64.6 Å². The molecule has 0 spiro atoms. The van der Waals surface area contributed by atoms with E-state index in [-0.39, 0.29) is 23.9 Å². The lowest BCUT2D eigenvalue weighted by atomic mass is 9.95. The molecule has 2 aliphatic heterocycles. The second kappa shape index (κ2) is 6.77. The minimum atomic E-state index is -0.338. The van der Waals surface area contributed by atoms with Crippen molar-refractivity contribution < 1.29 is 9.59 Å². The number of likely N-dealkylation sites (tertiary alicyclic amines) is 1. The molecule has 1 N–H and O–H groups in total. The zero-order chi connectivity index (χ0) is 15.6. The van der Waals surface area contributed by atoms with Crippen molar-refractivity contribution in [2.24, 2.45) is 5.92 Å². The van der Waals surface area contributed by atoms with E-state index in [4.69, 9.17) is 0 Å². The maximum Gasteiger partial charge on any atom is 0.245 e. The number of nitrogens with one attached hydrogen (secondary N) is 1. The van der Waals surface area contributed by atoms with Crippen LogP contribution >= 0.6 is 0 Å². The largest absolute Gasteiger partial charge is 0.344 e. The van der Waals surface area contributed by atoms with Gasteiger partial charge in [-0.05, 0) is 39.2 Å². The first-order valence-corrected chi connectivity index (χ1v) is 8.18. The molecule has 0 bridgehead atoms. The molecule has 120 valence electrons. The summed E-state index contributed by atoms with van der Waals surface area (Å²) in [4.78, 5) is 29.0. The molecular formula is C16H29N3O2. The third-order valence-corrected chi connectivity index (χ3v) is 4.82. The predicted octanol–water partition coefficient (Wildman–Crippen LogP) is 1.23. The summed E-state index contributed by atoms with van der Waals surface area (Å²) in [6.07, 6.45) is 3.17. The Morgan fingerprint density at radius 2 is 2.00 bits per heavy atom. The predicted molar refractivity (Wildman–Crippen MR) is 82.8 cm³/mol. The van der Waals surface area contributed by atoms with Gasteiger partial charge in [0.15, 0.2) is 0 Å². The molecule has 2 aliphatic rings. The molecule has 21 heavy (non-hydrogen) atoms. The summed E-state index contributed by atoms with van der Waals surface area (Å²) in [6, 6.07) is 0.438. The summed E-state index contributed by atoms with van der Waals surface area (Å²) in [5.41, 5.74) is 0. The highest BCUT2D eigenvalue weighted by molar-refractivity contribution is 5.90. The molecule has 2 fully saturated rings. The van der Waals surface area contributed by atoms with Gasteiger partial charge in [0, 0.05) is 31.6 Å². The number of amides is 2. The van der Waals surface area contributed by atoms with Gasteiger partial charge in [-0.3, -0.25) is 9.59 Å². The molecule has 0 radical (unpaired) electrons. The van der Waals surface area contributed by atoms with Crippen LogP contribution in [0.25, 0.3) is 0 Å². The fraction of sp³-hybridized carbons (Fsp3) is 0.875. The monoisotopic (exact) mass is 295 g/mol. The molecule has 2 amide bonds. The van der Waals surface area contributed by atoms with Gasteiger partial charge in [0.25, 0.3) is 0 Å². The Labute approximate surface area is 128 Å². The molecule has 0 aromatic heterocycles. The number of hydrogen-bond acceptors (Lipinski definition) is 3. The standard InChI is InChI=1S/C16H29N3O2/c1-11(2)9-14-16(21)19(8-6-15(20)17-14)13-5-7-18(4)12(3)10-13/h11-14H,5-10H2,1-4H3,(H,17,20). The zero-order valence-electron chi connectivity index (χ0n) is 13.8. The van der Waals surface area contributed by atoms with Crippen molar-refractivity contribution in [3.05, 3.63) is 0 Å². The van der Waals surface area contributed by atoms with Crippen molar-refractivity contribution in [2.75, 3.05) is 20.1 Å². The smallest absolute Gasteiger partial charge is 0.245 e. The molecule has 0 aromatic carbocycles. The molecule has 0 aliphatic carbocycles. The topological polar surface area (TPSA) is 52.7 Å². The van der Waals surface area contributed by atoms with Crippen LogP contribution in [-0.2, 0) is 9.59 Å². The Morgan fingerprint density at radius 3 is 2.62 bits per heavy atom. The summed E-state index contributed by atoms with van der Waals surface area (Å²) in [5.74, 6) is 0.532. The van der Waals surface area contributed by atoms with Gasteiger partial charge in [0.05, 0.1) is 0 Å². The Balaban J connectivity index is 2.10. The number of rotatable bonds is 3. The molecule has 2 rings (SSSR count). The minimum Gasteiger partial charge on any atom is -0.344 e. The third-order valence-electron chi connectivity index (χ3n) is 4.82. The van der Waals surface area contributed by atoms with E-state index in [0.29, 0.717) is 24.9 Å². The summed E-state index contributed by atoms with van der Waals surface area (Å²) in [5, 5.41) is 2.91. The van der Waals surface area contributed by atoms with Crippen LogP contribution < -0.4 is 5.32 Å². The zero-order valence-corrected chi connectivity index (χ0v) is 13.8. The van der Waals surface area contributed by atoms with Crippen molar-refractivity contribution >= 4 is 11.8 Å². The lowest BCUT2D eigenvalue weighted by molar-refractivity contribution is -0.137. The minimum absolute atomic E-state index is 0.0116. The van der Waals surface area contributed by atoms with E-state index in [1.165, 1.54) is 0 Å². The molecule has 2 saturated heterocycles. The van der Waals surface area contributed by atoms with E-state index in [9.17, 15) is 9.59 Å². The first-order chi connectivity index (χ1) is 9.88. The van der Waals surface area contributed by atoms with Crippen LogP contribution in [0.2, 0.25) is 0 Å². The van der Waals surface area contributed by atoms with Crippen molar-refractivity contribution in [3.63, 3.8) is 0 Å². The van der Waals surface area contributed by atoms with E-state index < -0.39 is 0 Å². The molecule has 3 atom stereocenters. The van der Waals surface area contributed by atoms with Gasteiger partial charge in [0.2, 0.25) is 11.8 Å². The SMILES string of the molecule is CC(C)CC1NC(=O)CCN(C2CCN(C)C(C)C2)C1=O. The number of piperidine rings is 1. The average molecular weight is 295 g/mol. The fourth-order valence-electron chi connectivity index (χ4n) is 3.40. The highest BCUT2D eigenvalue weighted by atomic mass is 16.2. The Kier molecular flexibility index (Phi) is 5.25. The van der Waals surface area contributed by atoms with Crippen LogP contribution in [0.1, 0.15) is 46.5 Å². The second-order valence-electron chi connectivity index (χ2n) is 7.04. The van der Waals surface area contributed by atoms with Crippen LogP contribution in [0.15, 0.2) is 0 Å². The molecule has 2 heterocycles. The van der Waals surface area contributed by atoms with Crippen LogP contribution in [-0.4, -0.2) is 59.9 Å². The first-order valence-electron chi connectivity index (χ1n) is 8.18. The lowest BCUT2D eigenvalue weighted by Gasteiger charge is -2.41. The van der Waals surface area contributed by atoms with Gasteiger partial charge in [-0.25, -0.2) is 0 Å². The molecule has 3 unspecified atom stereocenters. The van der Waals surface area contributed by atoms with Crippen LogP contribution in [0.4, 0.5) is 0 Å². The van der Waals surface area contributed by atoms with Gasteiger partial charge in [-0.1, -0.05) is 13.8 Å². The number of hydrogen-bond donors (Lipinski definition) is 1. The van der Waals surface area contributed by atoms with Gasteiger partial charge >= 0.3 is 0 Å². The van der Waals surface area contributed by atoms with Crippen molar-refractivity contribution in [1.82, 2.24) is 15.1 Å². The van der Waals surface area contributed by atoms with E-state index in [0.717, 1.165) is 25.8 Å². The highest BCUT2D eigenvalue weighted by Crippen LogP contribution is 2.23. The van der Waals surface area contributed by atoms with E-state index in [1.54, 1.807) is 0 Å². The normalized spacial score (nSPS) is 32.2. The van der Waals surface area contributed by atoms with Gasteiger partial charge in [-0.15, -0.1) is 0 Å². The molecule has 0 saturated carbocycles. The van der Waals surface area contributed by atoms with Crippen molar-refractivity contribution in [3.8, 4) is 0 Å². The van der Waals surface area contributed by atoms with Crippen molar-refractivity contribution in [1.29, 1.82) is 0 Å². The maximum absolute atomic E-state index is 12.8. The number of carbonyl (C=O) groups excluding carboxylic acids is 2. The van der Waals surface area contributed by atoms with E-state index >= 15 is 0 Å². The second-order valence-corrected chi connectivity index (χ2v) is 7.04. The molecule has 0 aromatic rings. The van der Waals surface area contributed by atoms with Gasteiger partial charge < -0.3 is 15.1 Å². The quantitative estimate of drug-likeness (QED) is 0.852. The van der Waals surface area contributed by atoms with Crippen LogP contribution in [0.5, 0.6) is 0 Å². The fourth-order valence-corrected chi connectivity index (χ4v) is 3.40. The summed E-state index contributed by atoms with van der Waals surface area (Å²) in [6.45, 7) is 7.98. The lowest BCUT2D eigenvalue weighted by Crippen LogP contribution is -2.53. The van der Waals surface area contributed by atoms with Crippen LogP contribution in [0.3, 0.4) is 0 Å². The average Bonchev–Trinajstić information content (AvgIpc) is 2.53. The summed E-state index contributed by atoms with van der Waals surface area (Å²) in [7, 11) is 2.14. The number of carbonyl (C=O) groups is 2. The first kappa shape index (κ1) is 16.3. The Bertz CT molecular complexity index is 397. The molecule has 5 heteroatoms. The molecular weight excluding hydrogens is 266 g/mol. The third kappa shape index (κ3) is 3.96. The maximum atomic E-state index is 12.8. The summed E-state index contributed by atoms with van der Waals surface area (Å²) >= 11 is 0. The van der Waals surface area contributed by atoms with Gasteiger partial charge in [-0.2, -0.15) is 0 Å². The molecule has 5 nitrogen and oxygen atoms in total.